The maximum Gasteiger partial charge on any atom is 0.412 e. The highest BCUT2D eigenvalue weighted by Gasteiger charge is 2.16. The van der Waals surface area contributed by atoms with Crippen molar-refractivity contribution in [1.82, 2.24) is 4.98 Å². The standard InChI is InChI=1S/C17H18N2O3/c1-12(2)16(20)14-8-3-4-9-15(14)19-17(21)22-11-13-7-5-6-10-18-13/h3-10,12H,11H2,1-2H3,(H,19,21). The van der Waals surface area contributed by atoms with Gasteiger partial charge in [-0.3, -0.25) is 15.1 Å². The topological polar surface area (TPSA) is 68.3 Å². The molecule has 1 aromatic carbocycles. The summed E-state index contributed by atoms with van der Waals surface area (Å²) in [6.45, 7) is 3.71. The van der Waals surface area contributed by atoms with Crippen molar-refractivity contribution in [2.75, 3.05) is 5.32 Å². The Hall–Kier alpha value is -2.69. The molecule has 5 heteroatoms. The molecule has 1 N–H and O–H groups in total. The lowest BCUT2D eigenvalue weighted by Crippen LogP contribution is -2.17. The predicted octanol–water partition coefficient (Wildman–Crippen LogP) is 3.67. The van der Waals surface area contributed by atoms with Crippen LogP contribution in [0.2, 0.25) is 0 Å². The van der Waals surface area contributed by atoms with E-state index in [0.717, 1.165) is 0 Å². The lowest BCUT2D eigenvalue weighted by atomic mass is 9.99. The van der Waals surface area contributed by atoms with E-state index in [0.29, 0.717) is 16.9 Å². The van der Waals surface area contributed by atoms with Crippen LogP contribution >= 0.6 is 0 Å². The molecule has 1 aromatic heterocycles. The second-order valence-corrected chi connectivity index (χ2v) is 5.09. The van der Waals surface area contributed by atoms with Gasteiger partial charge < -0.3 is 4.74 Å². The zero-order valence-corrected chi connectivity index (χ0v) is 12.6. The normalized spacial score (nSPS) is 10.3. The van der Waals surface area contributed by atoms with Crippen LogP contribution in [0.5, 0.6) is 0 Å². The number of aromatic nitrogens is 1. The number of amides is 1. The minimum atomic E-state index is -0.616. The summed E-state index contributed by atoms with van der Waals surface area (Å²) in [7, 11) is 0. The number of anilines is 1. The number of rotatable bonds is 5. The van der Waals surface area contributed by atoms with E-state index in [1.165, 1.54) is 0 Å². The number of benzene rings is 1. The van der Waals surface area contributed by atoms with Gasteiger partial charge in [0.05, 0.1) is 11.4 Å². The van der Waals surface area contributed by atoms with E-state index in [1.54, 1.807) is 42.6 Å². The van der Waals surface area contributed by atoms with Crippen molar-refractivity contribution in [3.05, 3.63) is 59.9 Å². The molecule has 5 nitrogen and oxygen atoms in total. The molecule has 0 aliphatic heterocycles. The molecule has 0 spiro atoms. The molecular weight excluding hydrogens is 280 g/mol. The van der Waals surface area contributed by atoms with E-state index in [-0.39, 0.29) is 18.3 Å². The highest BCUT2D eigenvalue weighted by molar-refractivity contribution is 6.04. The third-order valence-electron chi connectivity index (χ3n) is 3.03. The summed E-state index contributed by atoms with van der Waals surface area (Å²) >= 11 is 0. The third-order valence-corrected chi connectivity index (χ3v) is 3.03. The first-order chi connectivity index (χ1) is 10.6. The zero-order valence-electron chi connectivity index (χ0n) is 12.6. The summed E-state index contributed by atoms with van der Waals surface area (Å²) in [5.74, 6) is -0.173. The lowest BCUT2D eigenvalue weighted by Gasteiger charge is -2.12. The van der Waals surface area contributed by atoms with Crippen molar-refractivity contribution in [3.8, 4) is 0 Å². The molecule has 114 valence electrons. The van der Waals surface area contributed by atoms with Gasteiger partial charge in [-0.2, -0.15) is 0 Å². The molecule has 0 saturated heterocycles. The SMILES string of the molecule is CC(C)C(=O)c1ccccc1NC(=O)OCc1ccccn1. The van der Waals surface area contributed by atoms with Crippen LogP contribution in [0.3, 0.4) is 0 Å². The van der Waals surface area contributed by atoms with Gasteiger partial charge in [-0.1, -0.05) is 32.0 Å². The molecule has 2 aromatic rings. The van der Waals surface area contributed by atoms with Crippen LogP contribution in [-0.4, -0.2) is 16.9 Å². The Bertz CT molecular complexity index is 654. The maximum absolute atomic E-state index is 12.1. The Morgan fingerprint density at radius 3 is 2.55 bits per heavy atom. The monoisotopic (exact) mass is 298 g/mol. The number of nitrogens with zero attached hydrogens (tertiary/aromatic N) is 1. The molecule has 0 atom stereocenters. The fourth-order valence-electron chi connectivity index (χ4n) is 1.89. The fourth-order valence-corrected chi connectivity index (χ4v) is 1.89. The molecule has 0 unspecified atom stereocenters. The molecule has 0 aliphatic carbocycles. The van der Waals surface area contributed by atoms with E-state index in [2.05, 4.69) is 10.3 Å². The number of ketones is 1. The predicted molar refractivity (Wildman–Crippen MR) is 83.7 cm³/mol. The maximum atomic E-state index is 12.1. The van der Waals surface area contributed by atoms with Crippen LogP contribution in [0.25, 0.3) is 0 Å². The Balaban J connectivity index is 2.01. The molecule has 0 fully saturated rings. The van der Waals surface area contributed by atoms with Gasteiger partial charge in [-0.05, 0) is 24.3 Å². The van der Waals surface area contributed by atoms with Gasteiger partial charge in [0.1, 0.15) is 6.61 Å². The van der Waals surface area contributed by atoms with Crippen molar-refractivity contribution >= 4 is 17.6 Å². The van der Waals surface area contributed by atoms with Gasteiger partial charge in [0.15, 0.2) is 5.78 Å². The molecule has 0 bridgehead atoms. The Labute approximate surface area is 129 Å². The third kappa shape index (κ3) is 4.15. The largest absolute Gasteiger partial charge is 0.443 e. The van der Waals surface area contributed by atoms with Crippen molar-refractivity contribution < 1.29 is 14.3 Å². The lowest BCUT2D eigenvalue weighted by molar-refractivity contribution is 0.0940. The number of nitrogens with one attached hydrogen (secondary N) is 1. The molecule has 22 heavy (non-hydrogen) atoms. The average Bonchev–Trinajstić information content (AvgIpc) is 2.53. The number of para-hydroxylation sites is 1. The molecular formula is C17H18N2O3. The van der Waals surface area contributed by atoms with Gasteiger partial charge >= 0.3 is 6.09 Å². The van der Waals surface area contributed by atoms with Gasteiger partial charge in [0.25, 0.3) is 0 Å². The molecule has 1 heterocycles. The number of Topliss-reactive ketones (excluding diaryl/α,β-unsaturated/α-hetero) is 1. The van der Waals surface area contributed by atoms with Crippen LogP contribution in [0, 0.1) is 5.92 Å². The summed E-state index contributed by atoms with van der Waals surface area (Å²) < 4.78 is 5.10. The minimum absolute atomic E-state index is 0.0272. The first kappa shape index (κ1) is 15.7. The number of hydrogen-bond acceptors (Lipinski definition) is 4. The van der Waals surface area contributed by atoms with E-state index in [9.17, 15) is 9.59 Å². The van der Waals surface area contributed by atoms with E-state index in [1.807, 2.05) is 19.9 Å². The zero-order chi connectivity index (χ0) is 15.9. The van der Waals surface area contributed by atoms with Crippen LogP contribution in [0.4, 0.5) is 10.5 Å². The molecule has 2 rings (SSSR count). The van der Waals surface area contributed by atoms with E-state index in [4.69, 9.17) is 4.74 Å². The number of carbonyl (C=O) groups excluding carboxylic acids is 2. The van der Waals surface area contributed by atoms with Crippen molar-refractivity contribution in [2.45, 2.75) is 20.5 Å². The van der Waals surface area contributed by atoms with Crippen LogP contribution in [0.1, 0.15) is 29.9 Å². The summed E-state index contributed by atoms with van der Waals surface area (Å²) in [6, 6.07) is 12.3. The van der Waals surface area contributed by atoms with Gasteiger partial charge in [-0.15, -0.1) is 0 Å². The Morgan fingerprint density at radius 1 is 1.14 bits per heavy atom. The van der Waals surface area contributed by atoms with E-state index < -0.39 is 6.09 Å². The highest BCUT2D eigenvalue weighted by atomic mass is 16.5. The summed E-state index contributed by atoms with van der Waals surface area (Å²) in [4.78, 5) is 28.0. The van der Waals surface area contributed by atoms with Gasteiger partial charge in [-0.25, -0.2) is 4.79 Å². The minimum Gasteiger partial charge on any atom is -0.443 e. The number of ether oxygens (including phenoxy) is 1. The highest BCUT2D eigenvalue weighted by Crippen LogP contribution is 2.19. The Morgan fingerprint density at radius 2 is 1.86 bits per heavy atom. The number of hydrogen-bond donors (Lipinski definition) is 1. The molecule has 0 aliphatic rings. The summed E-state index contributed by atoms with van der Waals surface area (Å²) in [6.07, 6.45) is 1.02. The Kier molecular flexibility index (Phi) is 5.25. The first-order valence-corrected chi connectivity index (χ1v) is 7.05. The molecule has 1 amide bonds. The summed E-state index contributed by atoms with van der Waals surface area (Å²) in [5.41, 5.74) is 1.59. The van der Waals surface area contributed by atoms with Crippen LogP contribution in [-0.2, 0) is 11.3 Å². The van der Waals surface area contributed by atoms with Gasteiger partial charge in [0.2, 0.25) is 0 Å². The number of pyridine rings is 1. The van der Waals surface area contributed by atoms with Crippen molar-refractivity contribution in [1.29, 1.82) is 0 Å². The van der Waals surface area contributed by atoms with Gasteiger partial charge in [0, 0.05) is 17.7 Å². The van der Waals surface area contributed by atoms with Crippen LogP contribution < -0.4 is 5.32 Å². The van der Waals surface area contributed by atoms with Crippen LogP contribution in [0.15, 0.2) is 48.7 Å². The molecule has 0 saturated carbocycles. The van der Waals surface area contributed by atoms with E-state index >= 15 is 0 Å². The molecule has 0 radical (unpaired) electrons. The van der Waals surface area contributed by atoms with Crippen molar-refractivity contribution in [2.24, 2.45) is 5.92 Å². The van der Waals surface area contributed by atoms with Crippen molar-refractivity contribution in [3.63, 3.8) is 0 Å². The summed E-state index contributed by atoms with van der Waals surface area (Å²) in [5, 5.41) is 2.61. The second kappa shape index (κ2) is 7.36. The fraction of sp³-hybridized carbons (Fsp3) is 0.235. The smallest absolute Gasteiger partial charge is 0.412 e. The quantitative estimate of drug-likeness (QED) is 0.855. The first-order valence-electron chi connectivity index (χ1n) is 7.05. The average molecular weight is 298 g/mol. The second-order valence-electron chi connectivity index (χ2n) is 5.09. The number of carbonyl (C=O) groups is 2.